The highest BCUT2D eigenvalue weighted by atomic mass is 16.5. The van der Waals surface area contributed by atoms with Gasteiger partial charge in [-0.2, -0.15) is 0 Å². The Labute approximate surface area is 216 Å². The number of carbonyl (C=O) groups excluding carboxylic acids is 2. The van der Waals surface area contributed by atoms with Crippen molar-refractivity contribution < 1.29 is 24.2 Å². The summed E-state index contributed by atoms with van der Waals surface area (Å²) in [6, 6.07) is 14.0. The summed E-state index contributed by atoms with van der Waals surface area (Å²) >= 11 is 0. The molecule has 2 heterocycles. The topological polar surface area (TPSA) is 151 Å². The van der Waals surface area contributed by atoms with Crippen LogP contribution >= 0.6 is 0 Å². The van der Waals surface area contributed by atoms with Crippen LogP contribution in [0, 0.1) is 6.92 Å². The molecule has 196 valence electrons. The number of aromatic amines is 1. The zero-order valence-electron chi connectivity index (χ0n) is 20.5. The van der Waals surface area contributed by atoms with Crippen LogP contribution in [-0.4, -0.2) is 63.3 Å². The number of fused-ring (bicyclic) bond motifs is 3. The predicted molar refractivity (Wildman–Crippen MR) is 136 cm³/mol. The van der Waals surface area contributed by atoms with Crippen LogP contribution in [0.5, 0.6) is 0 Å². The van der Waals surface area contributed by atoms with Crippen molar-refractivity contribution in [1.29, 1.82) is 0 Å². The molecule has 11 heteroatoms. The van der Waals surface area contributed by atoms with Crippen molar-refractivity contribution in [3.05, 3.63) is 92.3 Å². The van der Waals surface area contributed by atoms with Crippen molar-refractivity contribution in [1.82, 2.24) is 19.8 Å². The Morgan fingerprint density at radius 2 is 1.68 bits per heavy atom. The molecule has 5 rings (SSSR count). The molecule has 2 aromatic carbocycles. The molecular weight excluding hydrogens is 492 g/mol. The Bertz CT molecular complexity index is 1500. The van der Waals surface area contributed by atoms with Crippen molar-refractivity contribution in [2.45, 2.75) is 31.3 Å². The van der Waals surface area contributed by atoms with Gasteiger partial charge in [0.2, 0.25) is 5.91 Å². The highest BCUT2D eigenvalue weighted by Crippen LogP contribution is 2.44. The molecule has 2 atom stereocenters. The van der Waals surface area contributed by atoms with E-state index in [1.807, 2.05) is 48.5 Å². The molecule has 0 bridgehead atoms. The van der Waals surface area contributed by atoms with Crippen molar-refractivity contribution in [2.24, 2.45) is 0 Å². The Kier molecular flexibility index (Phi) is 6.58. The Hall–Kier alpha value is -4.67. The average molecular weight is 519 g/mol. The van der Waals surface area contributed by atoms with E-state index in [4.69, 9.17) is 4.74 Å². The molecule has 1 aliphatic heterocycles. The number of hydrogen-bond donors (Lipinski definition) is 3. The molecule has 2 amide bonds. The van der Waals surface area contributed by atoms with Crippen LogP contribution in [-0.2, 0) is 14.3 Å². The fraction of sp³-hybridized carbons (Fsp3) is 0.296. The molecule has 0 saturated carbocycles. The third-order valence-electron chi connectivity index (χ3n) is 7.15. The molecule has 0 radical (unpaired) electrons. The molecule has 1 aliphatic carbocycles. The first kappa shape index (κ1) is 25.0. The average Bonchev–Trinajstić information content (AvgIpc) is 3.49. The number of carboxylic acid groups (broad SMARTS) is 1. The summed E-state index contributed by atoms with van der Waals surface area (Å²) in [5, 5.41) is 12.1. The Morgan fingerprint density at radius 3 is 2.32 bits per heavy atom. The van der Waals surface area contributed by atoms with E-state index in [1.165, 1.54) is 17.7 Å². The molecule has 1 saturated heterocycles. The standard InChI is InChI=1S/C27H26N4O7/c1-15-12-30(26(36)29-24(15)33)16-10-22(25(34)35)31(13-16)23(32)11-28-27(37)38-14-21-19-8-4-2-6-17(19)18-7-3-5-9-20(18)21/h2-9,12,16,21-22H,10-11,13-14H2,1H3,(H,28,37)(H,34,35)(H,29,33,36)/t16?,22-/m0/s1. The highest BCUT2D eigenvalue weighted by molar-refractivity contribution is 5.87. The summed E-state index contributed by atoms with van der Waals surface area (Å²) < 4.78 is 6.68. The van der Waals surface area contributed by atoms with Gasteiger partial charge in [-0.25, -0.2) is 14.4 Å². The Balaban J connectivity index is 1.21. The number of aryl methyl sites for hydroxylation is 1. The van der Waals surface area contributed by atoms with Gasteiger partial charge in [0, 0.05) is 30.6 Å². The largest absolute Gasteiger partial charge is 0.480 e. The fourth-order valence-electron chi connectivity index (χ4n) is 5.28. The molecule has 11 nitrogen and oxygen atoms in total. The number of carboxylic acids is 1. The van der Waals surface area contributed by atoms with Gasteiger partial charge in [-0.3, -0.25) is 19.1 Å². The van der Waals surface area contributed by atoms with Crippen molar-refractivity contribution in [2.75, 3.05) is 19.7 Å². The summed E-state index contributed by atoms with van der Waals surface area (Å²) in [7, 11) is 0. The van der Waals surface area contributed by atoms with Gasteiger partial charge in [-0.15, -0.1) is 0 Å². The van der Waals surface area contributed by atoms with E-state index in [0.29, 0.717) is 0 Å². The second-order valence-corrected chi connectivity index (χ2v) is 9.45. The SMILES string of the molecule is Cc1cn(C2C[C@@H](C(=O)O)N(C(=O)CNC(=O)OCC3c4ccccc4-c4ccccc43)C2)c(=O)[nH]c1=O. The van der Waals surface area contributed by atoms with E-state index in [1.54, 1.807) is 0 Å². The van der Waals surface area contributed by atoms with Crippen molar-refractivity contribution in [3.8, 4) is 11.1 Å². The highest BCUT2D eigenvalue weighted by Gasteiger charge is 2.41. The maximum atomic E-state index is 12.9. The second kappa shape index (κ2) is 10.0. The van der Waals surface area contributed by atoms with Crippen LogP contribution in [0.25, 0.3) is 11.1 Å². The van der Waals surface area contributed by atoms with Crippen LogP contribution in [0.2, 0.25) is 0 Å². The van der Waals surface area contributed by atoms with Gasteiger partial charge in [0.25, 0.3) is 5.56 Å². The lowest BCUT2D eigenvalue weighted by atomic mass is 9.98. The van der Waals surface area contributed by atoms with Gasteiger partial charge < -0.3 is 20.1 Å². The third-order valence-corrected chi connectivity index (χ3v) is 7.15. The van der Waals surface area contributed by atoms with Crippen LogP contribution in [0.4, 0.5) is 4.79 Å². The number of hydrogen-bond acceptors (Lipinski definition) is 6. The number of carbonyl (C=O) groups is 3. The van der Waals surface area contributed by atoms with Gasteiger partial charge >= 0.3 is 17.8 Å². The minimum atomic E-state index is -1.23. The molecule has 3 aromatic rings. The predicted octanol–water partition coefficient (Wildman–Crippen LogP) is 1.61. The van der Waals surface area contributed by atoms with Gasteiger partial charge in [0.05, 0.1) is 6.04 Å². The van der Waals surface area contributed by atoms with Gasteiger partial charge in [-0.05, 0) is 29.2 Å². The number of amides is 2. The summed E-state index contributed by atoms with van der Waals surface area (Å²) in [5.74, 6) is -1.99. The molecule has 1 fully saturated rings. The van der Waals surface area contributed by atoms with E-state index >= 15 is 0 Å². The Morgan fingerprint density at radius 1 is 1.05 bits per heavy atom. The lowest BCUT2D eigenvalue weighted by Crippen LogP contribution is -2.45. The number of nitrogens with one attached hydrogen (secondary N) is 2. The minimum absolute atomic E-state index is 0.0165. The number of aromatic nitrogens is 2. The second-order valence-electron chi connectivity index (χ2n) is 9.45. The lowest BCUT2D eigenvalue weighted by Gasteiger charge is -2.21. The molecule has 1 unspecified atom stereocenters. The quantitative estimate of drug-likeness (QED) is 0.449. The van der Waals surface area contributed by atoms with E-state index in [0.717, 1.165) is 27.2 Å². The monoisotopic (exact) mass is 518 g/mol. The van der Waals surface area contributed by atoms with Crippen molar-refractivity contribution in [3.63, 3.8) is 0 Å². The minimum Gasteiger partial charge on any atom is -0.480 e. The number of aliphatic carboxylic acids is 1. The number of rotatable bonds is 6. The van der Waals surface area contributed by atoms with Crippen molar-refractivity contribution >= 4 is 18.0 Å². The number of nitrogens with zero attached hydrogens (tertiary/aromatic N) is 2. The van der Waals surface area contributed by atoms with Gasteiger partial charge in [0.15, 0.2) is 0 Å². The molecule has 0 spiro atoms. The zero-order valence-corrected chi connectivity index (χ0v) is 20.5. The lowest BCUT2D eigenvalue weighted by molar-refractivity contribution is -0.147. The summed E-state index contributed by atoms with van der Waals surface area (Å²) in [6.45, 7) is 1.08. The molecular formula is C27H26N4O7. The van der Waals surface area contributed by atoms with Crippen LogP contribution in [0.1, 0.15) is 35.1 Å². The number of likely N-dealkylation sites (tertiary alicyclic amines) is 1. The number of benzene rings is 2. The van der Waals surface area contributed by atoms with E-state index in [-0.39, 0.29) is 31.1 Å². The van der Waals surface area contributed by atoms with E-state index in [9.17, 15) is 29.1 Å². The maximum absolute atomic E-state index is 12.9. The van der Waals surface area contributed by atoms with Gasteiger partial charge in [0.1, 0.15) is 19.2 Å². The number of alkyl carbamates (subject to hydrolysis) is 1. The summed E-state index contributed by atoms with van der Waals surface area (Å²) in [5.41, 5.74) is 3.37. The smallest absolute Gasteiger partial charge is 0.407 e. The maximum Gasteiger partial charge on any atom is 0.407 e. The molecule has 2 aliphatic rings. The van der Waals surface area contributed by atoms with E-state index < -0.39 is 47.8 Å². The number of ether oxygens (including phenoxy) is 1. The first-order valence-electron chi connectivity index (χ1n) is 12.2. The van der Waals surface area contributed by atoms with Crippen LogP contribution in [0.15, 0.2) is 64.3 Å². The third kappa shape index (κ3) is 4.58. The fourth-order valence-corrected chi connectivity index (χ4v) is 5.28. The van der Waals surface area contributed by atoms with E-state index in [2.05, 4.69) is 10.3 Å². The molecule has 3 N–H and O–H groups in total. The van der Waals surface area contributed by atoms with Gasteiger partial charge in [-0.1, -0.05) is 48.5 Å². The summed E-state index contributed by atoms with van der Waals surface area (Å²) in [6.07, 6.45) is 0.542. The van der Waals surface area contributed by atoms with Crippen LogP contribution < -0.4 is 16.6 Å². The first-order chi connectivity index (χ1) is 18.2. The first-order valence-corrected chi connectivity index (χ1v) is 12.2. The number of H-pyrrole nitrogens is 1. The normalized spacial score (nSPS) is 18.1. The zero-order chi connectivity index (χ0) is 27.0. The molecule has 38 heavy (non-hydrogen) atoms. The summed E-state index contributed by atoms with van der Waals surface area (Å²) in [4.78, 5) is 64.4. The van der Waals surface area contributed by atoms with Crippen LogP contribution in [0.3, 0.4) is 0 Å². The molecule has 1 aromatic heterocycles.